The predicted octanol–water partition coefficient (Wildman–Crippen LogP) is 2.10. The van der Waals surface area contributed by atoms with Crippen LogP contribution in [0.4, 0.5) is 10.2 Å². The second-order valence-electron chi connectivity index (χ2n) is 7.01. The molecule has 3 amide bonds. The van der Waals surface area contributed by atoms with E-state index >= 15 is 0 Å². The third-order valence-electron chi connectivity index (χ3n) is 4.70. The number of esters is 1. The van der Waals surface area contributed by atoms with Gasteiger partial charge in [0.15, 0.2) is 6.61 Å². The van der Waals surface area contributed by atoms with Crippen LogP contribution in [0.5, 0.6) is 0 Å². The Balaban J connectivity index is 1.35. The Bertz CT molecular complexity index is 1200. The van der Waals surface area contributed by atoms with Gasteiger partial charge < -0.3 is 10.1 Å². The highest BCUT2D eigenvalue weighted by Crippen LogP contribution is 2.22. The van der Waals surface area contributed by atoms with E-state index in [9.17, 15) is 23.6 Å². The highest BCUT2D eigenvalue weighted by Gasteiger charge is 2.36. The van der Waals surface area contributed by atoms with Crippen molar-refractivity contribution in [1.29, 1.82) is 0 Å². The molecule has 2 aromatic carbocycles. The average Bonchev–Trinajstić information content (AvgIpc) is 3.25. The summed E-state index contributed by atoms with van der Waals surface area (Å²) >= 11 is 0. The van der Waals surface area contributed by atoms with Crippen LogP contribution in [-0.4, -0.2) is 51.5 Å². The van der Waals surface area contributed by atoms with Crippen LogP contribution in [0.15, 0.2) is 54.6 Å². The number of nitrogens with one attached hydrogen (secondary N) is 1. The molecule has 10 heteroatoms. The van der Waals surface area contributed by atoms with E-state index in [0.29, 0.717) is 17.2 Å². The van der Waals surface area contributed by atoms with Crippen LogP contribution in [0.2, 0.25) is 0 Å². The first kappa shape index (κ1) is 20.9. The van der Waals surface area contributed by atoms with Gasteiger partial charge in [0.25, 0.3) is 17.7 Å². The number of hydrogen-bond donors (Lipinski definition) is 1. The number of benzene rings is 2. The highest BCUT2D eigenvalue weighted by atomic mass is 19.1. The molecule has 1 aromatic heterocycles. The van der Waals surface area contributed by atoms with Crippen molar-refractivity contribution in [3.8, 4) is 5.69 Å². The first-order valence-corrected chi connectivity index (χ1v) is 9.57. The third kappa shape index (κ3) is 4.10. The fourth-order valence-electron chi connectivity index (χ4n) is 3.25. The standard InChI is InChI=1S/C22H17FN4O5/c1-13-10-18(27(25-13)15-8-6-14(23)7-9-15)24-19(28)12-32-20(29)11-26-21(30)16-4-2-3-5-17(16)22(26)31/h2-10H,11-12H2,1H3,(H,24,28). The van der Waals surface area contributed by atoms with E-state index in [0.717, 1.165) is 4.90 Å². The minimum Gasteiger partial charge on any atom is -0.454 e. The number of anilines is 1. The number of fused-ring (bicyclic) bond motifs is 1. The lowest BCUT2D eigenvalue weighted by Gasteiger charge is -2.13. The van der Waals surface area contributed by atoms with Crippen molar-refractivity contribution in [2.24, 2.45) is 0 Å². The fraction of sp³-hybridized carbons (Fsp3) is 0.136. The summed E-state index contributed by atoms with van der Waals surface area (Å²) in [7, 11) is 0. The zero-order valence-electron chi connectivity index (χ0n) is 16.9. The Kier molecular flexibility index (Phi) is 5.50. The first-order chi connectivity index (χ1) is 15.3. The van der Waals surface area contributed by atoms with E-state index in [2.05, 4.69) is 10.4 Å². The number of halogens is 1. The lowest BCUT2D eigenvalue weighted by Crippen LogP contribution is -2.36. The van der Waals surface area contributed by atoms with Crippen LogP contribution in [0, 0.1) is 12.7 Å². The predicted molar refractivity (Wildman–Crippen MR) is 110 cm³/mol. The van der Waals surface area contributed by atoms with Crippen molar-refractivity contribution < 1.29 is 28.3 Å². The second kappa shape index (κ2) is 8.42. The number of aromatic nitrogens is 2. The van der Waals surface area contributed by atoms with Crippen molar-refractivity contribution >= 4 is 29.5 Å². The molecule has 0 atom stereocenters. The minimum atomic E-state index is -0.905. The molecule has 0 unspecified atom stereocenters. The molecule has 0 bridgehead atoms. The molecule has 9 nitrogen and oxygen atoms in total. The summed E-state index contributed by atoms with van der Waals surface area (Å²) in [6.45, 7) is 0.486. The molecule has 1 aliphatic rings. The number of carbonyl (C=O) groups excluding carboxylic acids is 4. The highest BCUT2D eigenvalue weighted by molar-refractivity contribution is 6.22. The van der Waals surface area contributed by atoms with Gasteiger partial charge in [-0.05, 0) is 43.3 Å². The number of hydrogen-bond acceptors (Lipinski definition) is 6. The number of amides is 3. The lowest BCUT2D eigenvalue weighted by molar-refractivity contribution is -0.147. The quantitative estimate of drug-likeness (QED) is 0.468. The van der Waals surface area contributed by atoms with Crippen LogP contribution < -0.4 is 5.32 Å². The van der Waals surface area contributed by atoms with Crippen LogP contribution >= 0.6 is 0 Å². The topological polar surface area (TPSA) is 111 Å². The van der Waals surface area contributed by atoms with Crippen LogP contribution in [-0.2, 0) is 14.3 Å². The Morgan fingerprint density at radius 3 is 2.28 bits per heavy atom. The molecule has 32 heavy (non-hydrogen) atoms. The monoisotopic (exact) mass is 436 g/mol. The Morgan fingerprint density at radius 1 is 1.03 bits per heavy atom. The van der Waals surface area contributed by atoms with Crippen LogP contribution in [0.1, 0.15) is 26.4 Å². The molecule has 2 heterocycles. The summed E-state index contributed by atoms with van der Waals surface area (Å²) in [6.07, 6.45) is 0. The molecular formula is C22H17FN4O5. The number of aryl methyl sites for hydroxylation is 1. The minimum absolute atomic E-state index is 0.215. The van der Waals surface area contributed by atoms with E-state index in [1.165, 1.54) is 41.1 Å². The molecule has 0 aliphatic carbocycles. The summed E-state index contributed by atoms with van der Waals surface area (Å²) in [4.78, 5) is 49.8. The molecule has 0 fully saturated rings. The molecule has 1 aliphatic heterocycles. The Hall–Kier alpha value is -4.34. The Morgan fingerprint density at radius 2 is 1.66 bits per heavy atom. The maximum atomic E-state index is 13.2. The summed E-state index contributed by atoms with van der Waals surface area (Å²) < 4.78 is 19.5. The van der Waals surface area contributed by atoms with Gasteiger partial charge in [-0.1, -0.05) is 12.1 Å². The van der Waals surface area contributed by atoms with Crippen molar-refractivity contribution in [2.75, 3.05) is 18.5 Å². The molecule has 0 saturated carbocycles. The van der Waals surface area contributed by atoms with Crippen molar-refractivity contribution in [3.63, 3.8) is 0 Å². The van der Waals surface area contributed by atoms with Crippen LogP contribution in [0.25, 0.3) is 5.69 Å². The van der Waals surface area contributed by atoms with Gasteiger partial charge in [0.1, 0.15) is 18.2 Å². The van der Waals surface area contributed by atoms with Gasteiger partial charge >= 0.3 is 5.97 Å². The fourth-order valence-corrected chi connectivity index (χ4v) is 3.25. The zero-order valence-corrected chi connectivity index (χ0v) is 16.9. The third-order valence-corrected chi connectivity index (χ3v) is 4.70. The lowest BCUT2D eigenvalue weighted by atomic mass is 10.1. The van der Waals surface area contributed by atoms with E-state index in [1.54, 1.807) is 25.1 Å². The molecule has 4 rings (SSSR count). The molecule has 1 N–H and O–H groups in total. The normalized spacial score (nSPS) is 12.6. The van der Waals surface area contributed by atoms with Crippen molar-refractivity contribution in [3.05, 3.63) is 77.2 Å². The number of carbonyl (C=O) groups is 4. The molecular weight excluding hydrogens is 419 g/mol. The zero-order chi connectivity index (χ0) is 22.8. The number of nitrogens with zero attached hydrogens (tertiary/aromatic N) is 3. The maximum absolute atomic E-state index is 13.2. The van der Waals surface area contributed by atoms with Crippen molar-refractivity contribution in [1.82, 2.24) is 14.7 Å². The molecule has 162 valence electrons. The average molecular weight is 436 g/mol. The maximum Gasteiger partial charge on any atom is 0.326 e. The van der Waals surface area contributed by atoms with Crippen LogP contribution in [0.3, 0.4) is 0 Å². The van der Waals surface area contributed by atoms with Gasteiger partial charge in [0, 0.05) is 6.07 Å². The van der Waals surface area contributed by atoms with Gasteiger partial charge in [-0.15, -0.1) is 0 Å². The SMILES string of the molecule is Cc1cc(NC(=O)COC(=O)CN2C(=O)c3ccccc3C2=O)n(-c2ccc(F)cc2)n1. The summed E-state index contributed by atoms with van der Waals surface area (Å²) in [5.41, 5.74) is 1.56. The van der Waals surface area contributed by atoms with Gasteiger partial charge in [-0.25, -0.2) is 9.07 Å². The largest absolute Gasteiger partial charge is 0.454 e. The second-order valence-corrected chi connectivity index (χ2v) is 7.01. The summed E-state index contributed by atoms with van der Waals surface area (Å²) in [6, 6.07) is 13.4. The van der Waals surface area contributed by atoms with Crippen molar-refractivity contribution in [2.45, 2.75) is 6.92 Å². The number of rotatable bonds is 6. The van der Waals surface area contributed by atoms with E-state index < -0.39 is 42.7 Å². The van der Waals surface area contributed by atoms with Gasteiger partial charge in [-0.3, -0.25) is 24.1 Å². The molecule has 0 saturated heterocycles. The van der Waals surface area contributed by atoms with E-state index in [1.807, 2.05) is 0 Å². The molecule has 0 spiro atoms. The van der Waals surface area contributed by atoms with Gasteiger partial charge in [0.2, 0.25) is 0 Å². The summed E-state index contributed by atoms with van der Waals surface area (Å²) in [5, 5.41) is 6.82. The number of ether oxygens (including phenoxy) is 1. The number of imide groups is 1. The molecule has 0 radical (unpaired) electrons. The van der Waals surface area contributed by atoms with E-state index in [-0.39, 0.29) is 11.1 Å². The smallest absolute Gasteiger partial charge is 0.326 e. The summed E-state index contributed by atoms with van der Waals surface area (Å²) in [5.74, 6) is -2.85. The first-order valence-electron chi connectivity index (χ1n) is 9.57. The van der Waals surface area contributed by atoms with Gasteiger partial charge in [-0.2, -0.15) is 5.10 Å². The van der Waals surface area contributed by atoms with Gasteiger partial charge in [0.05, 0.1) is 22.5 Å². The Labute approximate surface area is 181 Å². The molecule has 3 aromatic rings. The van der Waals surface area contributed by atoms with E-state index in [4.69, 9.17) is 4.74 Å².